The molecule has 0 aromatic carbocycles. The maximum Gasteiger partial charge on any atom is 0.0403 e. The Morgan fingerprint density at radius 2 is 1.86 bits per heavy atom. The molecule has 0 radical (unpaired) electrons. The van der Waals surface area contributed by atoms with Crippen LogP contribution in [0.4, 0.5) is 0 Å². The predicted molar refractivity (Wildman–Crippen MR) is 61.5 cm³/mol. The second-order valence-corrected chi connectivity index (χ2v) is 5.32. The van der Waals surface area contributed by atoms with Gasteiger partial charge in [-0.2, -0.15) is 0 Å². The van der Waals surface area contributed by atoms with E-state index < -0.39 is 0 Å². The van der Waals surface area contributed by atoms with Gasteiger partial charge in [-0.25, -0.2) is 0 Å². The molecule has 0 saturated heterocycles. The first kappa shape index (κ1) is 9.95. The highest BCUT2D eigenvalue weighted by Gasteiger charge is 2.29. The van der Waals surface area contributed by atoms with Gasteiger partial charge in [0.05, 0.1) is 0 Å². The molecule has 0 aromatic heterocycles. The van der Waals surface area contributed by atoms with Gasteiger partial charge in [-0.3, -0.25) is 4.99 Å². The molecule has 1 heteroatoms. The van der Waals surface area contributed by atoms with E-state index in [4.69, 9.17) is 4.99 Å². The summed E-state index contributed by atoms with van der Waals surface area (Å²) >= 11 is 0. The number of hydrogen-bond acceptors (Lipinski definition) is 1. The molecule has 0 aromatic rings. The third kappa shape index (κ3) is 1.77. The molecule has 2 rings (SSSR count). The molecule has 1 aliphatic heterocycles. The average Bonchev–Trinajstić information content (AvgIpc) is 2.43. The SMILES string of the molecule is CC1=NC(C2CCCCC2)=CC1(C)C. The Morgan fingerprint density at radius 1 is 1.21 bits per heavy atom. The molecule has 0 spiro atoms. The van der Waals surface area contributed by atoms with Gasteiger partial charge >= 0.3 is 0 Å². The van der Waals surface area contributed by atoms with Gasteiger partial charge in [0.25, 0.3) is 0 Å². The van der Waals surface area contributed by atoms with E-state index in [-0.39, 0.29) is 5.41 Å². The highest BCUT2D eigenvalue weighted by molar-refractivity contribution is 5.92. The van der Waals surface area contributed by atoms with E-state index in [0.29, 0.717) is 0 Å². The first-order valence-corrected chi connectivity index (χ1v) is 5.88. The minimum atomic E-state index is 0.215. The monoisotopic (exact) mass is 191 g/mol. The molecule has 1 saturated carbocycles. The largest absolute Gasteiger partial charge is 0.262 e. The maximum atomic E-state index is 4.74. The molecule has 1 aliphatic carbocycles. The lowest BCUT2D eigenvalue weighted by molar-refractivity contribution is 0.400. The van der Waals surface area contributed by atoms with Crippen LogP contribution in [0, 0.1) is 11.3 Å². The van der Waals surface area contributed by atoms with Crippen molar-refractivity contribution in [3.63, 3.8) is 0 Å². The summed E-state index contributed by atoms with van der Waals surface area (Å²) in [5.41, 5.74) is 2.89. The molecule has 0 unspecified atom stereocenters. The third-order valence-electron chi connectivity index (χ3n) is 3.76. The summed E-state index contributed by atoms with van der Waals surface area (Å²) in [6, 6.07) is 0. The molecule has 0 amide bonds. The zero-order valence-corrected chi connectivity index (χ0v) is 9.64. The van der Waals surface area contributed by atoms with Gasteiger partial charge in [0, 0.05) is 22.7 Å². The lowest BCUT2D eigenvalue weighted by atomic mass is 9.84. The van der Waals surface area contributed by atoms with Crippen molar-refractivity contribution in [2.45, 2.75) is 52.9 Å². The van der Waals surface area contributed by atoms with Crippen molar-refractivity contribution < 1.29 is 0 Å². The van der Waals surface area contributed by atoms with E-state index in [1.54, 1.807) is 0 Å². The Kier molecular flexibility index (Phi) is 2.50. The summed E-state index contributed by atoms with van der Waals surface area (Å²) in [4.78, 5) is 4.74. The standard InChI is InChI=1S/C13H21N/c1-10-13(2,3)9-12(14-10)11-7-5-4-6-8-11/h9,11H,4-8H2,1-3H3. The van der Waals surface area contributed by atoms with Gasteiger partial charge in [-0.15, -0.1) is 0 Å². The number of allylic oxidation sites excluding steroid dienone is 2. The van der Waals surface area contributed by atoms with Gasteiger partial charge in [0.1, 0.15) is 0 Å². The summed E-state index contributed by atoms with van der Waals surface area (Å²) in [6.07, 6.45) is 9.33. The minimum absolute atomic E-state index is 0.215. The number of rotatable bonds is 1. The Hall–Kier alpha value is -0.590. The first-order chi connectivity index (χ1) is 6.59. The van der Waals surface area contributed by atoms with E-state index in [0.717, 1.165) is 5.92 Å². The third-order valence-corrected chi connectivity index (χ3v) is 3.76. The van der Waals surface area contributed by atoms with Crippen LogP contribution in [0.25, 0.3) is 0 Å². The summed E-state index contributed by atoms with van der Waals surface area (Å²) in [7, 11) is 0. The summed E-state index contributed by atoms with van der Waals surface area (Å²) < 4.78 is 0. The minimum Gasteiger partial charge on any atom is -0.262 e. The van der Waals surface area contributed by atoms with Gasteiger partial charge < -0.3 is 0 Å². The van der Waals surface area contributed by atoms with Crippen molar-refractivity contribution in [3.8, 4) is 0 Å². The van der Waals surface area contributed by atoms with Crippen LogP contribution in [0.3, 0.4) is 0 Å². The zero-order valence-electron chi connectivity index (χ0n) is 9.64. The number of hydrogen-bond donors (Lipinski definition) is 0. The molecular formula is C13H21N. The lowest BCUT2D eigenvalue weighted by Gasteiger charge is -2.21. The smallest absolute Gasteiger partial charge is 0.0403 e. The van der Waals surface area contributed by atoms with Crippen molar-refractivity contribution in [1.82, 2.24) is 0 Å². The van der Waals surface area contributed by atoms with Crippen LogP contribution in [0.2, 0.25) is 0 Å². The zero-order chi connectivity index (χ0) is 10.2. The molecule has 0 atom stereocenters. The molecule has 2 aliphatic rings. The fourth-order valence-electron chi connectivity index (χ4n) is 2.45. The summed E-state index contributed by atoms with van der Waals surface area (Å²) in [5.74, 6) is 0.764. The van der Waals surface area contributed by atoms with Crippen LogP contribution < -0.4 is 0 Å². The van der Waals surface area contributed by atoms with Gasteiger partial charge in [-0.1, -0.05) is 39.2 Å². The van der Waals surface area contributed by atoms with Crippen LogP contribution in [0.15, 0.2) is 16.8 Å². The number of aliphatic imine (C=N–C) groups is 1. The maximum absolute atomic E-state index is 4.74. The van der Waals surface area contributed by atoms with Crippen LogP contribution in [-0.4, -0.2) is 5.71 Å². The Balaban J connectivity index is 2.13. The molecule has 14 heavy (non-hydrogen) atoms. The predicted octanol–water partition coefficient (Wildman–Crippen LogP) is 3.95. The Morgan fingerprint density at radius 3 is 2.36 bits per heavy atom. The van der Waals surface area contributed by atoms with E-state index in [2.05, 4.69) is 26.8 Å². The summed E-state index contributed by atoms with van der Waals surface area (Å²) in [5, 5.41) is 0. The fraction of sp³-hybridized carbons (Fsp3) is 0.769. The van der Waals surface area contributed by atoms with E-state index >= 15 is 0 Å². The topological polar surface area (TPSA) is 12.4 Å². The average molecular weight is 191 g/mol. The molecule has 0 N–H and O–H groups in total. The molecule has 1 fully saturated rings. The lowest BCUT2D eigenvalue weighted by Crippen LogP contribution is -2.14. The van der Waals surface area contributed by atoms with Crippen LogP contribution in [0.5, 0.6) is 0 Å². The van der Waals surface area contributed by atoms with Crippen molar-refractivity contribution in [3.05, 3.63) is 11.8 Å². The van der Waals surface area contributed by atoms with Crippen LogP contribution >= 0.6 is 0 Å². The Bertz CT molecular complexity index is 278. The number of nitrogens with zero attached hydrogens (tertiary/aromatic N) is 1. The first-order valence-electron chi connectivity index (χ1n) is 5.88. The van der Waals surface area contributed by atoms with Gasteiger partial charge in [-0.05, 0) is 19.8 Å². The quantitative estimate of drug-likeness (QED) is 0.595. The van der Waals surface area contributed by atoms with Gasteiger partial charge in [0.15, 0.2) is 0 Å². The highest BCUT2D eigenvalue weighted by Crippen LogP contribution is 2.37. The van der Waals surface area contributed by atoms with Crippen molar-refractivity contribution in [2.24, 2.45) is 16.3 Å². The van der Waals surface area contributed by atoms with E-state index in [1.165, 1.54) is 43.5 Å². The van der Waals surface area contributed by atoms with Gasteiger partial charge in [0.2, 0.25) is 0 Å². The van der Waals surface area contributed by atoms with E-state index in [9.17, 15) is 0 Å². The fourth-order valence-corrected chi connectivity index (χ4v) is 2.45. The Labute approximate surface area is 87.3 Å². The van der Waals surface area contributed by atoms with E-state index in [1.807, 2.05) is 0 Å². The molecule has 78 valence electrons. The molecule has 0 bridgehead atoms. The van der Waals surface area contributed by atoms with Crippen LogP contribution in [-0.2, 0) is 0 Å². The summed E-state index contributed by atoms with van der Waals surface area (Å²) in [6.45, 7) is 6.69. The normalized spacial score (nSPS) is 27.4. The highest BCUT2D eigenvalue weighted by atomic mass is 14.8. The molecule has 1 nitrogen and oxygen atoms in total. The second kappa shape index (κ2) is 3.52. The second-order valence-electron chi connectivity index (χ2n) is 5.32. The molecule has 1 heterocycles. The van der Waals surface area contributed by atoms with Crippen LogP contribution in [0.1, 0.15) is 52.9 Å². The van der Waals surface area contributed by atoms with Crippen molar-refractivity contribution in [2.75, 3.05) is 0 Å². The van der Waals surface area contributed by atoms with Crippen molar-refractivity contribution >= 4 is 5.71 Å². The molecular weight excluding hydrogens is 170 g/mol. The van der Waals surface area contributed by atoms with Crippen molar-refractivity contribution in [1.29, 1.82) is 0 Å².